The van der Waals surface area contributed by atoms with Crippen molar-refractivity contribution in [2.75, 3.05) is 35.5 Å². The minimum absolute atomic E-state index is 0.0441. The Bertz CT molecular complexity index is 1530. The molecule has 3 atom stereocenters. The topological polar surface area (TPSA) is 136 Å². The summed E-state index contributed by atoms with van der Waals surface area (Å²) in [5, 5.41) is 11.4. The lowest BCUT2D eigenvalue weighted by Crippen LogP contribution is -2.36. The summed E-state index contributed by atoms with van der Waals surface area (Å²) in [7, 11) is 6.82. The number of carbonyl (C=O) groups excluding carboxylic acids is 3. The average molecular weight is 625 g/mol. The number of rotatable bonds is 10. The Hall–Kier alpha value is -4.67. The van der Waals surface area contributed by atoms with Gasteiger partial charge in [-0.05, 0) is 60.4 Å². The number of aliphatic hydroxyl groups excluding tert-OH is 1. The van der Waals surface area contributed by atoms with Gasteiger partial charge in [0.1, 0.15) is 17.3 Å². The lowest BCUT2D eigenvalue weighted by Gasteiger charge is -2.36. The second kappa shape index (κ2) is 14.0. The van der Waals surface area contributed by atoms with Crippen LogP contribution in [0.5, 0.6) is 23.0 Å². The lowest BCUT2D eigenvalue weighted by molar-refractivity contribution is -0.134. The first-order valence-corrected chi connectivity index (χ1v) is 14.7. The minimum atomic E-state index is -0.981. The number of esters is 3. The van der Waals surface area contributed by atoms with Crippen LogP contribution in [0.2, 0.25) is 0 Å². The van der Waals surface area contributed by atoms with E-state index < -0.39 is 29.4 Å². The lowest BCUT2D eigenvalue weighted by atomic mass is 9.75. The number of ether oxygens (including phenoxy) is 7. The van der Waals surface area contributed by atoms with Gasteiger partial charge in [0, 0.05) is 5.56 Å². The molecule has 11 nitrogen and oxygen atoms in total. The molecule has 4 rings (SSSR count). The molecule has 242 valence electrons. The SMILES string of the molecule is COC(=O)/C(=C1/OC(=O)C(c2ccc(OC)c(OC)c2)=C1O)c1cc(OC)c(OC)cc1C(=O)O[C@@H]1C[C@H](C)CC[C@H]1C(C)C. The van der Waals surface area contributed by atoms with E-state index in [2.05, 4.69) is 20.8 Å². The molecule has 0 radical (unpaired) electrons. The number of methoxy groups -OCH3 is 5. The second-order valence-electron chi connectivity index (χ2n) is 11.4. The summed E-state index contributed by atoms with van der Waals surface area (Å²) in [6.45, 7) is 6.32. The number of hydrogen-bond acceptors (Lipinski definition) is 11. The maximum Gasteiger partial charge on any atom is 0.348 e. The van der Waals surface area contributed by atoms with Crippen LogP contribution in [0, 0.1) is 17.8 Å². The summed E-state index contributed by atoms with van der Waals surface area (Å²) in [6.07, 6.45) is 2.29. The fourth-order valence-electron chi connectivity index (χ4n) is 5.95. The molecular formula is C34H40O11. The molecule has 0 bridgehead atoms. The highest BCUT2D eigenvalue weighted by molar-refractivity contribution is 6.26. The van der Waals surface area contributed by atoms with Crippen molar-refractivity contribution < 1.29 is 52.6 Å². The molecular weight excluding hydrogens is 584 g/mol. The summed E-state index contributed by atoms with van der Waals surface area (Å²) in [4.78, 5) is 40.6. The van der Waals surface area contributed by atoms with Crippen LogP contribution in [0.4, 0.5) is 0 Å². The molecule has 0 spiro atoms. The first-order chi connectivity index (χ1) is 21.5. The fourth-order valence-corrected chi connectivity index (χ4v) is 5.95. The van der Waals surface area contributed by atoms with Crippen LogP contribution in [0.25, 0.3) is 11.1 Å². The molecule has 1 N–H and O–H groups in total. The minimum Gasteiger partial charge on any atom is -0.504 e. The Kier molecular flexibility index (Phi) is 10.3. The van der Waals surface area contributed by atoms with Gasteiger partial charge >= 0.3 is 17.9 Å². The van der Waals surface area contributed by atoms with Crippen molar-refractivity contribution in [2.45, 2.75) is 46.1 Å². The third kappa shape index (κ3) is 6.57. The van der Waals surface area contributed by atoms with E-state index in [1.165, 1.54) is 52.7 Å². The Morgan fingerprint density at radius 2 is 1.47 bits per heavy atom. The molecule has 1 aliphatic heterocycles. The standard InChI is InChI=1S/C34H40O11/c1-17(2)20-11-9-18(3)13-24(20)44-32(36)22-16-27(42-7)26(41-6)15-21(22)29(33(37)43-8)31-30(35)28(34(38)45-31)19-10-12-23(39-4)25(14-19)40-5/h10,12,14-18,20,24,35H,9,11,13H2,1-8H3/b31-29+/t18-,20+,24-/m1/s1. The molecule has 2 aromatic rings. The third-order valence-electron chi connectivity index (χ3n) is 8.37. The highest BCUT2D eigenvalue weighted by Gasteiger charge is 2.39. The Morgan fingerprint density at radius 1 is 0.867 bits per heavy atom. The third-order valence-corrected chi connectivity index (χ3v) is 8.37. The quantitative estimate of drug-likeness (QED) is 0.197. The van der Waals surface area contributed by atoms with E-state index in [1.807, 2.05) is 0 Å². The largest absolute Gasteiger partial charge is 0.504 e. The Balaban J connectivity index is 1.92. The Morgan fingerprint density at radius 3 is 2.04 bits per heavy atom. The van der Waals surface area contributed by atoms with E-state index in [-0.39, 0.29) is 57.3 Å². The van der Waals surface area contributed by atoms with E-state index in [4.69, 9.17) is 33.2 Å². The van der Waals surface area contributed by atoms with Crippen LogP contribution >= 0.6 is 0 Å². The highest BCUT2D eigenvalue weighted by atomic mass is 16.6. The van der Waals surface area contributed by atoms with Crippen molar-refractivity contribution >= 4 is 29.1 Å². The normalized spacial score (nSPS) is 20.8. The van der Waals surface area contributed by atoms with Gasteiger partial charge < -0.3 is 38.3 Å². The first kappa shape index (κ1) is 33.2. The summed E-state index contributed by atoms with van der Waals surface area (Å²) in [5.74, 6) is -1.89. The molecule has 11 heteroatoms. The van der Waals surface area contributed by atoms with Crippen LogP contribution in [0.3, 0.4) is 0 Å². The number of benzene rings is 2. The summed E-state index contributed by atoms with van der Waals surface area (Å²) < 4.78 is 38.3. The Labute approximate surface area is 262 Å². The van der Waals surface area contributed by atoms with E-state index in [1.54, 1.807) is 6.07 Å². The molecule has 1 aliphatic carbocycles. The number of hydrogen-bond donors (Lipinski definition) is 1. The molecule has 0 amide bonds. The molecule has 45 heavy (non-hydrogen) atoms. The van der Waals surface area contributed by atoms with E-state index in [0.717, 1.165) is 20.0 Å². The zero-order valence-electron chi connectivity index (χ0n) is 26.8. The van der Waals surface area contributed by atoms with Gasteiger partial charge in [0.25, 0.3) is 0 Å². The van der Waals surface area contributed by atoms with Crippen LogP contribution in [-0.4, -0.2) is 64.7 Å². The fraction of sp³-hybridized carbons (Fsp3) is 0.441. The molecule has 1 heterocycles. The van der Waals surface area contributed by atoms with Gasteiger partial charge in [-0.25, -0.2) is 14.4 Å². The van der Waals surface area contributed by atoms with Gasteiger partial charge in [-0.1, -0.05) is 33.3 Å². The summed E-state index contributed by atoms with van der Waals surface area (Å²) in [6, 6.07) is 7.35. The summed E-state index contributed by atoms with van der Waals surface area (Å²) in [5.41, 5.74) is -0.480. The van der Waals surface area contributed by atoms with E-state index in [0.29, 0.717) is 23.8 Å². The van der Waals surface area contributed by atoms with Gasteiger partial charge in [-0.3, -0.25) is 0 Å². The zero-order chi connectivity index (χ0) is 33.0. The number of aliphatic hydroxyl groups is 1. The smallest absolute Gasteiger partial charge is 0.348 e. The van der Waals surface area contributed by atoms with E-state index >= 15 is 0 Å². The number of cyclic esters (lactones) is 1. The molecule has 2 aromatic carbocycles. The molecule has 1 saturated carbocycles. The molecule has 0 aromatic heterocycles. The average Bonchev–Trinajstić information content (AvgIpc) is 3.32. The maximum atomic E-state index is 14.0. The van der Waals surface area contributed by atoms with Crippen molar-refractivity contribution in [1.29, 1.82) is 0 Å². The van der Waals surface area contributed by atoms with Gasteiger partial charge in [0.15, 0.2) is 34.5 Å². The maximum absolute atomic E-state index is 14.0. The predicted molar refractivity (Wildman–Crippen MR) is 164 cm³/mol. The zero-order valence-corrected chi connectivity index (χ0v) is 26.8. The van der Waals surface area contributed by atoms with Crippen molar-refractivity contribution in [3.05, 3.63) is 58.5 Å². The van der Waals surface area contributed by atoms with Crippen LogP contribution in [0.15, 0.2) is 41.9 Å². The van der Waals surface area contributed by atoms with Crippen molar-refractivity contribution in [1.82, 2.24) is 0 Å². The highest BCUT2D eigenvalue weighted by Crippen LogP contribution is 2.43. The summed E-state index contributed by atoms with van der Waals surface area (Å²) >= 11 is 0. The van der Waals surface area contributed by atoms with Crippen molar-refractivity contribution in [3.63, 3.8) is 0 Å². The first-order valence-electron chi connectivity index (χ1n) is 14.7. The van der Waals surface area contributed by atoms with Crippen molar-refractivity contribution in [3.8, 4) is 23.0 Å². The number of carbonyl (C=O) groups is 3. The van der Waals surface area contributed by atoms with Crippen LogP contribution < -0.4 is 18.9 Å². The van der Waals surface area contributed by atoms with Gasteiger partial charge in [-0.2, -0.15) is 0 Å². The molecule has 2 aliphatic rings. The van der Waals surface area contributed by atoms with Gasteiger partial charge in [0.2, 0.25) is 0 Å². The second-order valence-corrected chi connectivity index (χ2v) is 11.4. The van der Waals surface area contributed by atoms with Crippen molar-refractivity contribution in [2.24, 2.45) is 17.8 Å². The molecule has 0 saturated heterocycles. The van der Waals surface area contributed by atoms with E-state index in [9.17, 15) is 19.5 Å². The monoisotopic (exact) mass is 624 g/mol. The molecule has 0 unspecified atom stereocenters. The van der Waals surface area contributed by atoms with Crippen LogP contribution in [0.1, 0.15) is 61.5 Å². The van der Waals surface area contributed by atoms with Gasteiger partial charge in [0.05, 0.1) is 41.1 Å². The predicted octanol–water partition coefficient (Wildman–Crippen LogP) is 5.75. The molecule has 1 fully saturated rings. The van der Waals surface area contributed by atoms with Gasteiger partial charge in [-0.15, -0.1) is 0 Å². The van der Waals surface area contributed by atoms with Crippen LogP contribution in [-0.2, 0) is 23.8 Å².